The Hall–Kier alpha value is -2.87. The maximum absolute atomic E-state index is 12.3. The van der Waals surface area contributed by atoms with Crippen molar-refractivity contribution in [3.8, 4) is 0 Å². The summed E-state index contributed by atoms with van der Waals surface area (Å²) in [6.07, 6.45) is 0.589. The van der Waals surface area contributed by atoms with Gasteiger partial charge in [-0.2, -0.15) is 0 Å². The molecule has 4 aromatic rings. The van der Waals surface area contributed by atoms with Crippen molar-refractivity contribution in [2.45, 2.75) is 26.7 Å². The molecule has 0 fully saturated rings. The van der Waals surface area contributed by atoms with Crippen LogP contribution in [0.1, 0.15) is 22.7 Å². The zero-order valence-electron chi connectivity index (χ0n) is 15.4. The van der Waals surface area contributed by atoms with Gasteiger partial charge in [0.2, 0.25) is 0 Å². The number of H-pyrrole nitrogens is 1. The Balaban J connectivity index is 1.41. The summed E-state index contributed by atoms with van der Waals surface area (Å²) in [5.74, 6) is 0.418. The molecule has 4 rings (SSSR count). The summed E-state index contributed by atoms with van der Waals surface area (Å²) in [5, 5.41) is 3.68. The number of hydrogen-bond acceptors (Lipinski definition) is 5. The minimum Gasteiger partial charge on any atom is -0.465 e. The van der Waals surface area contributed by atoms with Gasteiger partial charge in [0, 0.05) is 39.3 Å². The third kappa shape index (κ3) is 3.60. The normalized spacial score (nSPS) is 11.4. The predicted molar refractivity (Wildman–Crippen MR) is 108 cm³/mol. The molecule has 0 atom stereocenters. The quantitative estimate of drug-likeness (QED) is 0.476. The van der Waals surface area contributed by atoms with Crippen LogP contribution in [0.15, 0.2) is 44.0 Å². The lowest BCUT2D eigenvalue weighted by molar-refractivity contribution is -0.142. The minimum atomic E-state index is -0.347. The van der Waals surface area contributed by atoms with E-state index in [0.717, 1.165) is 32.5 Å². The fourth-order valence-electron chi connectivity index (χ4n) is 3.26. The molecular formula is C20H18BrN3O4. The Labute approximate surface area is 168 Å². The minimum absolute atomic E-state index is 0.0912. The number of nitrogens with zero attached hydrogens (tertiary/aromatic N) is 2. The summed E-state index contributed by atoms with van der Waals surface area (Å²) in [4.78, 5) is 28.2. The lowest BCUT2D eigenvalue weighted by Gasteiger charge is -2.11. The van der Waals surface area contributed by atoms with Gasteiger partial charge in [-0.05, 0) is 38.1 Å². The van der Waals surface area contributed by atoms with Gasteiger partial charge in [0.25, 0.3) is 5.56 Å². The van der Waals surface area contributed by atoms with Crippen LogP contribution in [0.3, 0.4) is 0 Å². The van der Waals surface area contributed by atoms with E-state index >= 15 is 0 Å². The molecule has 0 unspecified atom stereocenters. The van der Waals surface area contributed by atoms with E-state index in [9.17, 15) is 9.59 Å². The molecule has 0 aliphatic heterocycles. The number of rotatable bonds is 5. The van der Waals surface area contributed by atoms with Gasteiger partial charge in [0.05, 0.1) is 13.0 Å². The Morgan fingerprint density at radius 1 is 1.29 bits per heavy atom. The molecule has 144 valence electrons. The van der Waals surface area contributed by atoms with Crippen LogP contribution >= 0.6 is 15.9 Å². The number of carbonyl (C=O) groups is 1. The molecule has 0 spiro atoms. The van der Waals surface area contributed by atoms with Gasteiger partial charge in [0.1, 0.15) is 11.3 Å². The summed E-state index contributed by atoms with van der Waals surface area (Å²) in [6, 6.07) is 9.17. The van der Waals surface area contributed by atoms with E-state index in [1.165, 1.54) is 6.07 Å². The predicted octanol–water partition coefficient (Wildman–Crippen LogP) is 3.48. The van der Waals surface area contributed by atoms with Crippen LogP contribution in [0.4, 0.5) is 0 Å². The second-order valence-corrected chi connectivity index (χ2v) is 7.53. The number of esters is 1. The Kier molecular flexibility index (Phi) is 4.80. The number of aromatic nitrogens is 3. The molecule has 1 N–H and O–H groups in total. The van der Waals surface area contributed by atoms with Crippen molar-refractivity contribution in [2.24, 2.45) is 0 Å². The summed E-state index contributed by atoms with van der Waals surface area (Å²) in [7, 11) is 0. The van der Waals surface area contributed by atoms with E-state index in [0.29, 0.717) is 17.8 Å². The number of nitrogens with one attached hydrogen (secondary N) is 1. The van der Waals surface area contributed by atoms with Crippen LogP contribution < -0.4 is 5.56 Å². The summed E-state index contributed by atoms with van der Waals surface area (Å²) >= 11 is 3.44. The number of hydrogen-bond donors (Lipinski definition) is 1. The average Bonchev–Trinajstić information content (AvgIpc) is 3.20. The van der Waals surface area contributed by atoms with Gasteiger partial charge in [-0.1, -0.05) is 15.9 Å². The van der Waals surface area contributed by atoms with Crippen LogP contribution in [-0.4, -0.2) is 27.2 Å². The first-order valence-corrected chi connectivity index (χ1v) is 9.61. The molecule has 3 heterocycles. The Morgan fingerprint density at radius 3 is 2.93 bits per heavy atom. The van der Waals surface area contributed by atoms with E-state index in [-0.39, 0.29) is 24.6 Å². The third-order valence-electron chi connectivity index (χ3n) is 4.66. The highest BCUT2D eigenvalue weighted by atomic mass is 79.9. The molecule has 0 radical (unpaired) electrons. The van der Waals surface area contributed by atoms with E-state index in [1.54, 1.807) is 4.52 Å². The zero-order chi connectivity index (χ0) is 19.8. The number of fused-ring (bicyclic) bond motifs is 2. The van der Waals surface area contributed by atoms with Crippen molar-refractivity contribution in [3.05, 3.63) is 67.9 Å². The highest BCUT2D eigenvalue weighted by molar-refractivity contribution is 9.10. The van der Waals surface area contributed by atoms with Crippen molar-refractivity contribution in [1.29, 1.82) is 0 Å². The van der Waals surface area contributed by atoms with E-state index in [2.05, 4.69) is 26.0 Å². The van der Waals surface area contributed by atoms with Crippen molar-refractivity contribution >= 4 is 38.5 Å². The fraction of sp³-hybridized carbons (Fsp3) is 0.250. The second-order valence-electron chi connectivity index (χ2n) is 6.62. The molecule has 0 saturated heterocycles. The smallest absolute Gasteiger partial charge is 0.310 e. The molecule has 3 aromatic heterocycles. The van der Waals surface area contributed by atoms with Crippen LogP contribution in [0.5, 0.6) is 0 Å². The molecule has 1 aromatic carbocycles. The van der Waals surface area contributed by atoms with Gasteiger partial charge < -0.3 is 9.15 Å². The first kappa shape index (κ1) is 18.5. The van der Waals surface area contributed by atoms with Gasteiger partial charge >= 0.3 is 5.97 Å². The molecule has 28 heavy (non-hydrogen) atoms. The molecule has 0 aliphatic rings. The first-order valence-electron chi connectivity index (χ1n) is 8.82. The van der Waals surface area contributed by atoms with Gasteiger partial charge in [0.15, 0.2) is 5.65 Å². The number of ether oxygens (including phenoxy) is 1. The number of aryl methyl sites for hydroxylation is 2. The van der Waals surface area contributed by atoms with E-state index < -0.39 is 0 Å². The summed E-state index contributed by atoms with van der Waals surface area (Å²) < 4.78 is 13.7. The number of furan rings is 1. The Morgan fingerprint density at radius 2 is 2.11 bits per heavy atom. The average molecular weight is 444 g/mol. The standard InChI is InChI=1S/C20H18BrN3O4/c1-11-16(12(2)24-18(22-11)10-19(25)23-24)9-20(26)27-6-5-15-8-13-7-14(21)3-4-17(13)28-15/h3-4,7-8,10H,5-6,9H2,1-2H3,(H,23,25). The topological polar surface area (TPSA) is 89.6 Å². The maximum Gasteiger partial charge on any atom is 0.310 e. The maximum atomic E-state index is 12.3. The number of carbonyl (C=O) groups excluding carboxylic acids is 1. The molecule has 0 bridgehead atoms. The highest BCUT2D eigenvalue weighted by Crippen LogP contribution is 2.23. The van der Waals surface area contributed by atoms with Crippen LogP contribution in [-0.2, 0) is 22.4 Å². The molecule has 7 nitrogen and oxygen atoms in total. The van der Waals surface area contributed by atoms with Gasteiger partial charge in [-0.3, -0.25) is 14.7 Å². The lowest BCUT2D eigenvalue weighted by Crippen LogP contribution is -2.15. The largest absolute Gasteiger partial charge is 0.465 e. The SMILES string of the molecule is Cc1nc2cc(=O)[nH]n2c(C)c1CC(=O)OCCc1cc2cc(Br)ccc2o1. The first-order chi connectivity index (χ1) is 13.4. The Bertz CT molecular complexity index is 1250. The van der Waals surface area contributed by atoms with Crippen molar-refractivity contribution in [1.82, 2.24) is 14.6 Å². The number of aromatic amines is 1. The summed E-state index contributed by atoms with van der Waals surface area (Å²) in [5.41, 5.74) is 3.33. The number of benzene rings is 1. The van der Waals surface area contributed by atoms with Gasteiger partial charge in [-0.15, -0.1) is 0 Å². The van der Waals surface area contributed by atoms with Crippen LogP contribution in [0.25, 0.3) is 16.6 Å². The molecule has 8 heteroatoms. The van der Waals surface area contributed by atoms with E-state index in [1.807, 2.05) is 38.1 Å². The van der Waals surface area contributed by atoms with Crippen molar-refractivity contribution in [3.63, 3.8) is 0 Å². The number of halogens is 1. The molecule has 0 amide bonds. The van der Waals surface area contributed by atoms with Crippen LogP contribution in [0.2, 0.25) is 0 Å². The lowest BCUT2D eigenvalue weighted by atomic mass is 10.1. The molecule has 0 saturated carbocycles. The highest BCUT2D eigenvalue weighted by Gasteiger charge is 2.15. The van der Waals surface area contributed by atoms with Crippen molar-refractivity contribution < 1.29 is 13.9 Å². The molecule has 0 aliphatic carbocycles. The summed E-state index contributed by atoms with van der Waals surface area (Å²) in [6.45, 7) is 3.89. The zero-order valence-corrected chi connectivity index (χ0v) is 17.0. The van der Waals surface area contributed by atoms with Crippen LogP contribution in [0, 0.1) is 13.8 Å². The van der Waals surface area contributed by atoms with Gasteiger partial charge in [-0.25, -0.2) is 9.50 Å². The monoisotopic (exact) mass is 443 g/mol. The third-order valence-corrected chi connectivity index (χ3v) is 5.16. The fourth-order valence-corrected chi connectivity index (χ4v) is 3.64. The van der Waals surface area contributed by atoms with Crippen molar-refractivity contribution in [2.75, 3.05) is 6.61 Å². The molecular weight excluding hydrogens is 426 g/mol. The second kappa shape index (κ2) is 7.27. The van der Waals surface area contributed by atoms with E-state index in [4.69, 9.17) is 9.15 Å².